The van der Waals surface area contributed by atoms with Gasteiger partial charge in [-0.3, -0.25) is 4.98 Å². The molecule has 0 aliphatic rings. The molecule has 4 nitrogen and oxygen atoms in total. The highest BCUT2D eigenvalue weighted by atomic mass is 14.9. The lowest BCUT2D eigenvalue weighted by Gasteiger charge is -2.16. The monoisotopic (exact) mass is 738 g/mol. The number of pyridine rings is 2. The van der Waals surface area contributed by atoms with E-state index in [4.69, 9.17) is 15.0 Å². The van der Waals surface area contributed by atoms with Crippen molar-refractivity contribution in [3.8, 4) is 67.5 Å². The number of benzene rings is 8. The summed E-state index contributed by atoms with van der Waals surface area (Å²) in [6.45, 7) is 0. The van der Waals surface area contributed by atoms with Crippen LogP contribution in [0.15, 0.2) is 206 Å². The molecule has 8 aromatic carbocycles. The van der Waals surface area contributed by atoms with Crippen molar-refractivity contribution in [3.63, 3.8) is 0 Å². The largest absolute Gasteiger partial charge is 0.253 e. The molecule has 270 valence electrons. The van der Waals surface area contributed by atoms with Crippen LogP contribution in [-0.4, -0.2) is 19.9 Å². The molecule has 0 spiro atoms. The molecule has 0 amide bonds. The fraction of sp³-hybridized carbons (Fsp3) is 0. The van der Waals surface area contributed by atoms with Crippen LogP contribution in [0.4, 0.5) is 0 Å². The molecule has 0 aliphatic carbocycles. The summed E-state index contributed by atoms with van der Waals surface area (Å²) in [5, 5.41) is 8.32. The van der Waals surface area contributed by atoms with Crippen LogP contribution >= 0.6 is 0 Å². The number of fused-ring (bicyclic) bond motifs is 6. The van der Waals surface area contributed by atoms with Crippen molar-refractivity contribution in [1.29, 1.82) is 0 Å². The van der Waals surface area contributed by atoms with Crippen LogP contribution < -0.4 is 0 Å². The van der Waals surface area contributed by atoms with E-state index in [1.165, 1.54) is 32.5 Å². The van der Waals surface area contributed by atoms with Crippen molar-refractivity contribution < 1.29 is 0 Å². The van der Waals surface area contributed by atoms with Crippen molar-refractivity contribution in [1.82, 2.24) is 19.9 Å². The number of para-hydroxylation sites is 1. The maximum atomic E-state index is 5.34. The van der Waals surface area contributed by atoms with Gasteiger partial charge in [-0.15, -0.1) is 0 Å². The number of hydrogen-bond donors (Lipinski definition) is 0. The fourth-order valence-electron chi connectivity index (χ4n) is 8.25. The molecule has 0 radical (unpaired) electrons. The van der Waals surface area contributed by atoms with Crippen LogP contribution in [0.2, 0.25) is 0 Å². The van der Waals surface area contributed by atoms with Gasteiger partial charge in [-0.1, -0.05) is 164 Å². The van der Waals surface area contributed by atoms with Gasteiger partial charge in [0.25, 0.3) is 0 Å². The van der Waals surface area contributed by atoms with E-state index >= 15 is 0 Å². The maximum absolute atomic E-state index is 5.34. The van der Waals surface area contributed by atoms with Gasteiger partial charge < -0.3 is 0 Å². The Hall–Kier alpha value is -7.82. The Balaban J connectivity index is 1.05. The summed E-state index contributed by atoms with van der Waals surface area (Å²) in [7, 11) is 0. The zero-order valence-electron chi connectivity index (χ0n) is 31.4. The molecule has 0 N–H and O–H groups in total. The lowest BCUT2D eigenvalue weighted by atomic mass is 9.89. The van der Waals surface area contributed by atoms with Crippen molar-refractivity contribution in [2.75, 3.05) is 0 Å². The highest BCUT2D eigenvalue weighted by Gasteiger charge is 2.18. The number of hydrogen-bond acceptors (Lipinski definition) is 4. The summed E-state index contributed by atoms with van der Waals surface area (Å²) in [6.07, 6.45) is 1.78. The second-order valence-electron chi connectivity index (χ2n) is 14.6. The first-order valence-electron chi connectivity index (χ1n) is 19.5. The number of aromatic nitrogens is 4. The van der Waals surface area contributed by atoms with Crippen LogP contribution in [0, 0.1) is 0 Å². The zero-order chi connectivity index (χ0) is 38.4. The molecule has 0 saturated carbocycles. The van der Waals surface area contributed by atoms with Gasteiger partial charge in [0.15, 0.2) is 5.82 Å². The summed E-state index contributed by atoms with van der Waals surface area (Å²) >= 11 is 0. The van der Waals surface area contributed by atoms with Crippen molar-refractivity contribution in [2.24, 2.45) is 0 Å². The molecule has 4 heteroatoms. The summed E-state index contributed by atoms with van der Waals surface area (Å²) in [4.78, 5) is 20.0. The van der Waals surface area contributed by atoms with Gasteiger partial charge in [-0.25, -0.2) is 15.0 Å². The first kappa shape index (κ1) is 33.5. The van der Waals surface area contributed by atoms with Crippen LogP contribution in [0.3, 0.4) is 0 Å². The predicted octanol–water partition coefficient (Wildman–Crippen LogP) is 13.9. The van der Waals surface area contributed by atoms with Gasteiger partial charge in [-0.2, -0.15) is 0 Å². The molecule has 0 atom stereocenters. The van der Waals surface area contributed by atoms with Crippen LogP contribution in [0.1, 0.15) is 0 Å². The highest BCUT2D eigenvalue weighted by Crippen LogP contribution is 2.42. The van der Waals surface area contributed by atoms with Crippen molar-refractivity contribution >= 4 is 43.2 Å². The molecule has 0 aliphatic heterocycles. The smallest absolute Gasteiger partial charge is 0.179 e. The lowest BCUT2D eigenvalue weighted by molar-refractivity contribution is 1.15. The summed E-state index contributed by atoms with van der Waals surface area (Å²) in [5.74, 6) is 0.589. The number of nitrogens with zero attached hydrogens (tertiary/aromatic N) is 4. The molecule has 0 saturated heterocycles. The lowest BCUT2D eigenvalue weighted by Crippen LogP contribution is -1.97. The Labute approximate surface area is 335 Å². The highest BCUT2D eigenvalue weighted by molar-refractivity contribution is 6.25. The molecular weight excluding hydrogens is 705 g/mol. The fourth-order valence-corrected chi connectivity index (χ4v) is 8.25. The van der Waals surface area contributed by atoms with E-state index in [2.05, 4.69) is 181 Å². The summed E-state index contributed by atoms with van der Waals surface area (Å²) < 4.78 is 0. The van der Waals surface area contributed by atoms with Crippen LogP contribution in [-0.2, 0) is 0 Å². The third-order valence-corrected chi connectivity index (χ3v) is 11.1. The SMILES string of the molecule is c1ccc(-c2ccc(-c3cc(-c4ccc(-c5cc6c(-c7ccc8ccccc8c7)nc7ccccc7c6c6ccccc56)cc4)nc(-c4ccccn4)n3)cc2)cc1. The van der Waals surface area contributed by atoms with Gasteiger partial charge in [0, 0.05) is 39.0 Å². The Morgan fingerprint density at radius 1 is 0.310 bits per heavy atom. The van der Waals surface area contributed by atoms with E-state index in [1.807, 2.05) is 24.3 Å². The molecule has 0 bridgehead atoms. The maximum Gasteiger partial charge on any atom is 0.179 e. The van der Waals surface area contributed by atoms with E-state index in [0.29, 0.717) is 5.82 Å². The summed E-state index contributed by atoms with van der Waals surface area (Å²) in [6, 6.07) is 70.5. The third kappa shape index (κ3) is 5.96. The second kappa shape index (κ2) is 14.0. The standard InChI is InChI=1S/C54H34N4/c1-2-12-35(13-3-1)37-21-26-39(27-22-37)50-34-51(58-54(57-50)49-20-10-11-31-55-49)40-28-24-38(25-29-40)46-33-47-52(44-17-7-6-16-43(44)46)45-18-8-9-19-48(45)56-53(47)42-30-23-36-14-4-5-15-41(36)32-42/h1-34H. The Morgan fingerprint density at radius 3 is 1.64 bits per heavy atom. The second-order valence-corrected chi connectivity index (χ2v) is 14.6. The average molecular weight is 739 g/mol. The van der Waals surface area contributed by atoms with E-state index < -0.39 is 0 Å². The van der Waals surface area contributed by atoms with Crippen LogP contribution in [0.5, 0.6) is 0 Å². The average Bonchev–Trinajstić information content (AvgIpc) is 3.31. The van der Waals surface area contributed by atoms with Crippen molar-refractivity contribution in [2.45, 2.75) is 0 Å². The number of rotatable bonds is 6. The van der Waals surface area contributed by atoms with Gasteiger partial charge in [0.05, 0.1) is 22.6 Å². The molecule has 11 aromatic rings. The van der Waals surface area contributed by atoms with Gasteiger partial charge in [-0.05, 0) is 80.2 Å². The Morgan fingerprint density at radius 2 is 0.897 bits per heavy atom. The summed E-state index contributed by atoms with van der Waals surface area (Å²) in [5.41, 5.74) is 12.1. The molecular formula is C54H34N4. The van der Waals surface area contributed by atoms with Gasteiger partial charge >= 0.3 is 0 Å². The minimum atomic E-state index is 0.589. The molecule has 0 unspecified atom stereocenters. The first-order valence-corrected chi connectivity index (χ1v) is 19.5. The van der Waals surface area contributed by atoms with E-state index in [0.717, 1.165) is 72.4 Å². The minimum absolute atomic E-state index is 0.589. The molecule has 3 heterocycles. The third-order valence-electron chi connectivity index (χ3n) is 11.1. The minimum Gasteiger partial charge on any atom is -0.253 e. The van der Waals surface area contributed by atoms with E-state index in [-0.39, 0.29) is 0 Å². The Bertz CT molecular complexity index is 3310. The molecule has 3 aromatic heterocycles. The predicted molar refractivity (Wildman–Crippen MR) is 240 cm³/mol. The van der Waals surface area contributed by atoms with E-state index in [1.54, 1.807) is 6.20 Å². The topological polar surface area (TPSA) is 51.6 Å². The van der Waals surface area contributed by atoms with Crippen molar-refractivity contribution in [3.05, 3.63) is 206 Å². The molecule has 11 rings (SSSR count). The zero-order valence-corrected chi connectivity index (χ0v) is 31.4. The molecule has 0 fully saturated rings. The Kier molecular flexibility index (Phi) is 8.11. The normalized spacial score (nSPS) is 11.4. The van der Waals surface area contributed by atoms with Gasteiger partial charge in [0.2, 0.25) is 0 Å². The van der Waals surface area contributed by atoms with Gasteiger partial charge in [0.1, 0.15) is 5.69 Å². The first-order chi connectivity index (χ1) is 28.7. The van der Waals surface area contributed by atoms with Crippen LogP contribution in [0.25, 0.3) is 111 Å². The quantitative estimate of drug-likeness (QED) is 0.159. The van der Waals surface area contributed by atoms with E-state index in [9.17, 15) is 0 Å². The molecule has 58 heavy (non-hydrogen) atoms.